The van der Waals surface area contributed by atoms with E-state index in [1.54, 1.807) is 10.9 Å². The van der Waals surface area contributed by atoms with Crippen LogP contribution in [0.5, 0.6) is 0 Å². The molecule has 0 aliphatic carbocycles. The number of nitrogen functional groups attached to an aromatic ring is 1. The zero-order chi connectivity index (χ0) is 14.7. The van der Waals surface area contributed by atoms with E-state index in [0.717, 1.165) is 18.8 Å². The molecule has 2 aromatic heterocycles. The lowest BCUT2D eigenvalue weighted by atomic mass is 10.4. The molecule has 9 nitrogen and oxygen atoms in total. The van der Waals surface area contributed by atoms with Gasteiger partial charge in [-0.15, -0.1) is 0 Å². The fraction of sp³-hybridized carbons (Fsp3) is 0.500. The fourth-order valence-electron chi connectivity index (χ4n) is 2.11. The molecule has 0 bridgehead atoms. The molecule has 1 saturated heterocycles. The minimum atomic E-state index is 0.207. The second-order valence-electron chi connectivity index (χ2n) is 4.72. The van der Waals surface area contributed by atoms with Crippen molar-refractivity contribution in [3.8, 4) is 0 Å². The predicted molar refractivity (Wildman–Crippen MR) is 77.8 cm³/mol. The Morgan fingerprint density at radius 2 is 2.10 bits per heavy atom. The zero-order valence-electron chi connectivity index (χ0n) is 11.9. The summed E-state index contributed by atoms with van der Waals surface area (Å²) in [5.74, 6) is 1.25. The summed E-state index contributed by atoms with van der Waals surface area (Å²) in [7, 11) is 1.89. The van der Waals surface area contributed by atoms with Crippen molar-refractivity contribution in [2.75, 3.05) is 42.3 Å². The Morgan fingerprint density at radius 3 is 2.81 bits per heavy atom. The molecule has 9 heteroatoms. The molecule has 0 radical (unpaired) electrons. The first-order valence-electron chi connectivity index (χ1n) is 6.77. The van der Waals surface area contributed by atoms with Crippen LogP contribution in [0.1, 0.15) is 5.69 Å². The van der Waals surface area contributed by atoms with Crippen LogP contribution in [-0.2, 0) is 18.3 Å². The highest BCUT2D eigenvalue weighted by Crippen LogP contribution is 2.14. The van der Waals surface area contributed by atoms with Crippen LogP contribution in [-0.4, -0.2) is 51.0 Å². The third kappa shape index (κ3) is 3.19. The summed E-state index contributed by atoms with van der Waals surface area (Å²) < 4.78 is 7.11. The van der Waals surface area contributed by atoms with Gasteiger partial charge >= 0.3 is 0 Å². The normalized spacial score (nSPS) is 15.2. The predicted octanol–water partition coefficient (Wildman–Crippen LogP) is -0.364. The largest absolute Gasteiger partial charge is 0.378 e. The van der Waals surface area contributed by atoms with Gasteiger partial charge in [0.05, 0.1) is 25.5 Å². The summed E-state index contributed by atoms with van der Waals surface area (Å²) in [6.45, 7) is 3.42. The van der Waals surface area contributed by atoms with Crippen molar-refractivity contribution in [1.82, 2.24) is 24.7 Å². The number of hydrogen-bond donors (Lipinski definition) is 2. The van der Waals surface area contributed by atoms with E-state index in [9.17, 15) is 0 Å². The Hall–Kier alpha value is -2.42. The average Bonchev–Trinajstić information content (AvgIpc) is 2.91. The van der Waals surface area contributed by atoms with Gasteiger partial charge in [-0.25, -0.2) is 0 Å². The standard InChI is InChI=1S/C12H18N8O/c1-19-9(2-3-15-19)8-14-11-16-10(13)17-12(18-11)20-4-6-21-7-5-20/h2-3H,4-8H2,1H3,(H3,13,14,16,17,18). The van der Waals surface area contributed by atoms with Crippen molar-refractivity contribution in [2.24, 2.45) is 7.05 Å². The molecule has 2 aromatic rings. The average molecular weight is 290 g/mol. The number of morpholine rings is 1. The molecule has 3 rings (SSSR count). The third-order valence-electron chi connectivity index (χ3n) is 3.28. The van der Waals surface area contributed by atoms with E-state index in [-0.39, 0.29) is 5.95 Å². The number of anilines is 3. The monoisotopic (exact) mass is 290 g/mol. The van der Waals surface area contributed by atoms with Crippen molar-refractivity contribution in [1.29, 1.82) is 0 Å². The molecule has 0 amide bonds. The molecule has 1 aliphatic rings. The third-order valence-corrected chi connectivity index (χ3v) is 3.28. The Bertz CT molecular complexity index is 607. The Balaban J connectivity index is 1.73. The first-order valence-corrected chi connectivity index (χ1v) is 6.77. The Morgan fingerprint density at radius 1 is 1.29 bits per heavy atom. The van der Waals surface area contributed by atoms with Gasteiger partial charge in [0.1, 0.15) is 0 Å². The molecule has 112 valence electrons. The van der Waals surface area contributed by atoms with Gasteiger partial charge in [-0.05, 0) is 6.07 Å². The molecule has 0 aromatic carbocycles. The number of aryl methyl sites for hydroxylation is 1. The number of rotatable bonds is 4. The lowest BCUT2D eigenvalue weighted by molar-refractivity contribution is 0.122. The van der Waals surface area contributed by atoms with Gasteiger partial charge in [-0.3, -0.25) is 4.68 Å². The summed E-state index contributed by atoms with van der Waals surface area (Å²) in [6.07, 6.45) is 1.75. The van der Waals surface area contributed by atoms with Gasteiger partial charge in [-0.2, -0.15) is 20.1 Å². The summed E-state index contributed by atoms with van der Waals surface area (Å²) in [5.41, 5.74) is 6.80. The maximum absolute atomic E-state index is 5.77. The molecule has 1 aliphatic heterocycles. The minimum absolute atomic E-state index is 0.207. The van der Waals surface area contributed by atoms with Gasteiger partial charge in [0, 0.05) is 26.3 Å². The number of nitrogens with two attached hydrogens (primary N) is 1. The number of nitrogens with zero attached hydrogens (tertiary/aromatic N) is 6. The van der Waals surface area contributed by atoms with E-state index in [0.29, 0.717) is 31.7 Å². The number of ether oxygens (including phenoxy) is 1. The van der Waals surface area contributed by atoms with Gasteiger partial charge in [0.15, 0.2) is 0 Å². The lowest BCUT2D eigenvalue weighted by Gasteiger charge is -2.26. The van der Waals surface area contributed by atoms with Crippen molar-refractivity contribution in [3.63, 3.8) is 0 Å². The molecular formula is C12H18N8O. The summed E-state index contributed by atoms with van der Waals surface area (Å²) in [6, 6.07) is 1.93. The second kappa shape index (κ2) is 5.92. The molecule has 3 N–H and O–H groups in total. The highest BCUT2D eigenvalue weighted by Gasteiger charge is 2.15. The molecule has 1 fully saturated rings. The van der Waals surface area contributed by atoms with Gasteiger partial charge < -0.3 is 20.7 Å². The number of nitrogens with one attached hydrogen (secondary N) is 1. The molecule has 21 heavy (non-hydrogen) atoms. The highest BCUT2D eigenvalue weighted by molar-refractivity contribution is 5.42. The topological polar surface area (TPSA) is 107 Å². The minimum Gasteiger partial charge on any atom is -0.378 e. The van der Waals surface area contributed by atoms with Gasteiger partial charge in [-0.1, -0.05) is 0 Å². The van der Waals surface area contributed by atoms with E-state index < -0.39 is 0 Å². The van der Waals surface area contributed by atoms with E-state index >= 15 is 0 Å². The van der Waals surface area contributed by atoms with Crippen LogP contribution < -0.4 is 16.0 Å². The maximum atomic E-state index is 5.77. The smallest absolute Gasteiger partial charge is 0.232 e. The highest BCUT2D eigenvalue weighted by atomic mass is 16.5. The SMILES string of the molecule is Cn1nccc1CNc1nc(N)nc(N2CCOCC2)n1. The molecule has 0 saturated carbocycles. The summed E-state index contributed by atoms with van der Waals surface area (Å²) in [4.78, 5) is 14.8. The Kier molecular flexibility index (Phi) is 3.82. The fourth-order valence-corrected chi connectivity index (χ4v) is 2.11. The molecule has 0 spiro atoms. The van der Waals surface area contributed by atoms with Crippen LogP contribution >= 0.6 is 0 Å². The lowest BCUT2D eigenvalue weighted by Crippen LogP contribution is -2.37. The van der Waals surface area contributed by atoms with Crippen LogP contribution in [0, 0.1) is 0 Å². The van der Waals surface area contributed by atoms with Gasteiger partial charge in [0.25, 0.3) is 0 Å². The van der Waals surface area contributed by atoms with Crippen molar-refractivity contribution >= 4 is 17.8 Å². The van der Waals surface area contributed by atoms with Crippen LogP contribution in [0.25, 0.3) is 0 Å². The zero-order valence-corrected chi connectivity index (χ0v) is 11.9. The summed E-state index contributed by atoms with van der Waals surface area (Å²) in [5, 5.41) is 7.26. The quantitative estimate of drug-likeness (QED) is 0.786. The van der Waals surface area contributed by atoms with Crippen molar-refractivity contribution in [2.45, 2.75) is 6.54 Å². The van der Waals surface area contributed by atoms with E-state index in [2.05, 4.69) is 25.4 Å². The number of aromatic nitrogens is 5. The van der Waals surface area contributed by atoms with Gasteiger partial charge in [0.2, 0.25) is 17.8 Å². The Labute approximate surface area is 122 Å². The first kappa shape index (κ1) is 13.6. The van der Waals surface area contributed by atoms with Crippen LogP contribution in [0.15, 0.2) is 12.3 Å². The summed E-state index contributed by atoms with van der Waals surface area (Å²) >= 11 is 0. The first-order chi connectivity index (χ1) is 10.2. The van der Waals surface area contributed by atoms with Crippen LogP contribution in [0.4, 0.5) is 17.8 Å². The van der Waals surface area contributed by atoms with E-state index in [4.69, 9.17) is 10.5 Å². The second-order valence-corrected chi connectivity index (χ2v) is 4.72. The maximum Gasteiger partial charge on any atom is 0.232 e. The number of hydrogen-bond acceptors (Lipinski definition) is 8. The van der Waals surface area contributed by atoms with E-state index in [1.165, 1.54) is 0 Å². The van der Waals surface area contributed by atoms with Crippen molar-refractivity contribution < 1.29 is 4.74 Å². The molecule has 0 atom stereocenters. The van der Waals surface area contributed by atoms with Crippen molar-refractivity contribution in [3.05, 3.63) is 18.0 Å². The van der Waals surface area contributed by atoms with Crippen LogP contribution in [0.2, 0.25) is 0 Å². The van der Waals surface area contributed by atoms with Crippen LogP contribution in [0.3, 0.4) is 0 Å². The van der Waals surface area contributed by atoms with E-state index in [1.807, 2.05) is 18.0 Å². The molecule has 0 unspecified atom stereocenters. The molecular weight excluding hydrogens is 272 g/mol. The molecule has 3 heterocycles.